The van der Waals surface area contributed by atoms with Crippen LogP contribution in [0.15, 0.2) is 46.3 Å². The Balaban J connectivity index is 1.77. The van der Waals surface area contributed by atoms with Crippen molar-refractivity contribution in [3.63, 3.8) is 0 Å². The minimum absolute atomic E-state index is 0.0801. The van der Waals surface area contributed by atoms with Crippen molar-refractivity contribution < 1.29 is 17.9 Å². The molecule has 1 N–H and O–H groups in total. The molecule has 0 spiro atoms. The predicted octanol–water partition coefficient (Wildman–Crippen LogP) is 4.25. The van der Waals surface area contributed by atoms with Gasteiger partial charge in [-0.2, -0.15) is 4.39 Å². The van der Waals surface area contributed by atoms with Gasteiger partial charge in [-0.05, 0) is 55.9 Å². The van der Waals surface area contributed by atoms with Gasteiger partial charge in [-0.25, -0.2) is 18.4 Å². The molecule has 0 atom stereocenters. The van der Waals surface area contributed by atoms with E-state index >= 15 is 0 Å². The van der Waals surface area contributed by atoms with E-state index in [0.29, 0.717) is 11.4 Å². The van der Waals surface area contributed by atoms with Crippen molar-refractivity contribution in [2.45, 2.75) is 74.3 Å². The molecular formula is C23H28FN3O3S. The van der Waals surface area contributed by atoms with Crippen LogP contribution in [0.5, 0.6) is 0 Å². The monoisotopic (exact) mass is 445 g/mol. The number of imidazole rings is 1. The largest absolute Gasteiger partial charge is 0.393 e. The molecule has 4 rings (SSSR count). The molecule has 2 heterocycles. The highest BCUT2D eigenvalue weighted by Crippen LogP contribution is 2.33. The topological polar surface area (TPSA) is 85.1 Å². The lowest BCUT2D eigenvalue weighted by molar-refractivity contribution is 0.104. The highest BCUT2D eigenvalue weighted by molar-refractivity contribution is 7.91. The fourth-order valence-corrected chi connectivity index (χ4v) is 5.59. The van der Waals surface area contributed by atoms with Crippen LogP contribution in [0, 0.1) is 11.9 Å². The third kappa shape index (κ3) is 4.36. The van der Waals surface area contributed by atoms with Crippen LogP contribution >= 0.6 is 0 Å². The Morgan fingerprint density at radius 2 is 1.77 bits per heavy atom. The summed E-state index contributed by atoms with van der Waals surface area (Å²) < 4.78 is 41.7. The molecule has 3 aromatic rings. The number of sulfone groups is 1. The second-order valence-electron chi connectivity index (χ2n) is 9.44. The first kappa shape index (κ1) is 21.9. The van der Waals surface area contributed by atoms with Crippen molar-refractivity contribution in [2.75, 3.05) is 0 Å². The molecule has 1 fully saturated rings. The average Bonchev–Trinajstić information content (AvgIpc) is 3.08. The van der Waals surface area contributed by atoms with Crippen LogP contribution in [0.1, 0.15) is 52.3 Å². The van der Waals surface area contributed by atoms with Crippen LogP contribution in [-0.4, -0.2) is 34.2 Å². The zero-order chi connectivity index (χ0) is 22.4. The number of hydrogen-bond acceptors (Lipinski definition) is 5. The molecule has 1 saturated carbocycles. The van der Waals surface area contributed by atoms with E-state index < -0.39 is 15.8 Å². The lowest BCUT2D eigenvalue weighted by Gasteiger charge is -2.28. The molecule has 1 aromatic carbocycles. The molecule has 1 aliphatic carbocycles. The summed E-state index contributed by atoms with van der Waals surface area (Å²) in [5.41, 5.74) is 1.27. The maximum absolute atomic E-state index is 13.5. The van der Waals surface area contributed by atoms with Crippen molar-refractivity contribution in [1.29, 1.82) is 0 Å². The van der Waals surface area contributed by atoms with Gasteiger partial charge in [0.15, 0.2) is 0 Å². The molecule has 8 heteroatoms. The fraction of sp³-hybridized carbons (Fsp3) is 0.478. The third-order valence-electron chi connectivity index (χ3n) is 5.97. The van der Waals surface area contributed by atoms with Crippen LogP contribution in [0.4, 0.5) is 4.39 Å². The number of aliphatic hydroxyl groups is 1. The van der Waals surface area contributed by atoms with Gasteiger partial charge in [-0.1, -0.05) is 20.8 Å². The summed E-state index contributed by atoms with van der Waals surface area (Å²) in [5.74, 6) is 0.516. The molecule has 31 heavy (non-hydrogen) atoms. The number of hydrogen-bond donors (Lipinski definition) is 1. The zero-order valence-corrected chi connectivity index (χ0v) is 18.9. The summed E-state index contributed by atoms with van der Waals surface area (Å²) in [6.45, 7) is 7.06. The SMILES string of the molecule is CC(C)(C)c1nc2cc(S(=O)(=O)c3ccnc(F)c3)ccc2n1CC1CCC(O)CC1. The smallest absolute Gasteiger partial charge is 0.214 e. The number of rotatable bonds is 4. The van der Waals surface area contributed by atoms with Gasteiger partial charge < -0.3 is 9.67 Å². The molecule has 166 valence electrons. The molecule has 0 unspecified atom stereocenters. The summed E-state index contributed by atoms with van der Waals surface area (Å²) in [7, 11) is -3.88. The van der Waals surface area contributed by atoms with Crippen molar-refractivity contribution in [1.82, 2.24) is 14.5 Å². The summed E-state index contributed by atoms with van der Waals surface area (Å²) in [6, 6.07) is 7.14. The highest BCUT2D eigenvalue weighted by atomic mass is 32.2. The van der Waals surface area contributed by atoms with E-state index in [1.807, 2.05) is 0 Å². The Morgan fingerprint density at radius 3 is 2.42 bits per heavy atom. The number of aliphatic hydroxyl groups excluding tert-OH is 1. The van der Waals surface area contributed by atoms with Gasteiger partial charge in [-0.15, -0.1) is 0 Å². The van der Waals surface area contributed by atoms with Gasteiger partial charge in [0.2, 0.25) is 15.8 Å². The van der Waals surface area contributed by atoms with E-state index in [-0.39, 0.29) is 21.3 Å². The maximum atomic E-state index is 13.5. The molecule has 0 saturated heterocycles. The van der Waals surface area contributed by atoms with Crippen molar-refractivity contribution in [2.24, 2.45) is 5.92 Å². The van der Waals surface area contributed by atoms with Crippen LogP contribution in [-0.2, 0) is 21.8 Å². The number of nitrogens with zero attached hydrogens (tertiary/aromatic N) is 3. The Morgan fingerprint density at radius 1 is 1.10 bits per heavy atom. The Hall–Kier alpha value is -2.32. The van der Waals surface area contributed by atoms with Crippen LogP contribution < -0.4 is 0 Å². The van der Waals surface area contributed by atoms with E-state index in [2.05, 4.69) is 30.3 Å². The molecule has 1 aliphatic rings. The first-order valence-electron chi connectivity index (χ1n) is 10.6. The summed E-state index contributed by atoms with van der Waals surface area (Å²) in [5, 5.41) is 9.82. The maximum Gasteiger partial charge on any atom is 0.214 e. The predicted molar refractivity (Wildman–Crippen MR) is 116 cm³/mol. The molecule has 0 bridgehead atoms. The first-order chi connectivity index (χ1) is 14.6. The molecule has 6 nitrogen and oxygen atoms in total. The summed E-state index contributed by atoms with van der Waals surface area (Å²) >= 11 is 0. The van der Waals surface area contributed by atoms with Crippen LogP contribution in [0.3, 0.4) is 0 Å². The Bertz CT molecular complexity index is 1210. The zero-order valence-electron chi connectivity index (χ0n) is 18.0. The molecule has 0 radical (unpaired) electrons. The van der Waals surface area contributed by atoms with Crippen molar-refractivity contribution in [3.8, 4) is 0 Å². The Kier molecular flexibility index (Phi) is 5.64. The fourth-order valence-electron chi connectivity index (χ4n) is 4.31. The lowest BCUT2D eigenvalue weighted by atomic mass is 9.87. The quantitative estimate of drug-likeness (QED) is 0.607. The Labute approximate surface area is 182 Å². The van der Waals surface area contributed by atoms with E-state index in [4.69, 9.17) is 4.98 Å². The number of halogens is 1. The van der Waals surface area contributed by atoms with Crippen LogP contribution in [0.2, 0.25) is 0 Å². The van der Waals surface area contributed by atoms with E-state index in [0.717, 1.165) is 55.8 Å². The van der Waals surface area contributed by atoms with Crippen molar-refractivity contribution in [3.05, 3.63) is 48.3 Å². The van der Waals surface area contributed by atoms with Gasteiger partial charge in [-0.3, -0.25) is 0 Å². The van der Waals surface area contributed by atoms with Gasteiger partial charge >= 0.3 is 0 Å². The third-order valence-corrected chi connectivity index (χ3v) is 7.72. The number of fused-ring (bicyclic) bond motifs is 1. The van der Waals surface area contributed by atoms with Gasteiger partial charge in [0.1, 0.15) is 5.82 Å². The second kappa shape index (κ2) is 7.98. The summed E-state index contributed by atoms with van der Waals surface area (Å²) in [4.78, 5) is 8.20. The van der Waals surface area contributed by atoms with Gasteiger partial charge in [0, 0.05) is 24.2 Å². The number of pyridine rings is 1. The van der Waals surface area contributed by atoms with Crippen LogP contribution in [0.25, 0.3) is 11.0 Å². The number of aromatic nitrogens is 3. The molecule has 2 aromatic heterocycles. The summed E-state index contributed by atoms with van der Waals surface area (Å²) in [6.07, 6.45) is 4.49. The minimum Gasteiger partial charge on any atom is -0.393 e. The standard InChI is InChI=1S/C23H28FN3O3S/c1-23(2,3)22-26-19-12-17(31(29,30)18-10-11-25-21(24)13-18)8-9-20(19)27(22)14-15-4-6-16(28)7-5-15/h8-13,15-16,28H,4-7,14H2,1-3H3. The molecular weight excluding hydrogens is 417 g/mol. The lowest BCUT2D eigenvalue weighted by Crippen LogP contribution is -2.25. The second-order valence-corrected chi connectivity index (χ2v) is 11.4. The van der Waals surface area contributed by atoms with Gasteiger partial charge in [0.05, 0.1) is 26.9 Å². The molecule has 0 amide bonds. The van der Waals surface area contributed by atoms with E-state index in [9.17, 15) is 17.9 Å². The first-order valence-corrected chi connectivity index (χ1v) is 12.1. The van der Waals surface area contributed by atoms with Gasteiger partial charge in [0.25, 0.3) is 0 Å². The van der Waals surface area contributed by atoms with Crippen molar-refractivity contribution >= 4 is 20.9 Å². The number of benzene rings is 1. The highest BCUT2D eigenvalue weighted by Gasteiger charge is 2.28. The van der Waals surface area contributed by atoms with E-state index in [1.165, 1.54) is 6.07 Å². The normalized spacial score (nSPS) is 20.3. The van der Waals surface area contributed by atoms with E-state index in [1.54, 1.807) is 18.2 Å². The molecule has 0 aliphatic heterocycles. The average molecular weight is 446 g/mol. The minimum atomic E-state index is -3.88.